The predicted molar refractivity (Wildman–Crippen MR) is 77.8 cm³/mol. The van der Waals surface area contributed by atoms with E-state index >= 15 is 0 Å². The van der Waals surface area contributed by atoms with Crippen molar-refractivity contribution < 1.29 is 19.1 Å². The minimum atomic E-state index is -0.619. The summed E-state index contributed by atoms with van der Waals surface area (Å²) >= 11 is 0. The number of carbonyl (C=O) groups excluding carboxylic acids is 2. The van der Waals surface area contributed by atoms with Gasteiger partial charge < -0.3 is 14.4 Å². The van der Waals surface area contributed by atoms with Crippen LogP contribution in [0.4, 0.5) is 0 Å². The summed E-state index contributed by atoms with van der Waals surface area (Å²) in [5.41, 5.74) is 0. The van der Waals surface area contributed by atoms with E-state index in [-0.39, 0.29) is 18.6 Å². The van der Waals surface area contributed by atoms with E-state index in [1.54, 1.807) is 4.90 Å². The molecule has 0 bridgehead atoms. The number of carbonyl (C=O) groups is 2. The van der Waals surface area contributed by atoms with E-state index in [0.717, 1.165) is 12.8 Å². The maximum absolute atomic E-state index is 12.8. The molecule has 120 valence electrons. The zero-order valence-corrected chi connectivity index (χ0v) is 13.4. The Bertz CT molecular complexity index is 391. The van der Waals surface area contributed by atoms with Gasteiger partial charge in [-0.3, -0.25) is 9.69 Å². The Kier molecular flexibility index (Phi) is 5.22. The molecule has 0 aromatic rings. The van der Waals surface area contributed by atoms with Crippen LogP contribution in [0.15, 0.2) is 0 Å². The third-order valence-corrected chi connectivity index (χ3v) is 4.71. The van der Waals surface area contributed by atoms with Gasteiger partial charge in [0.05, 0.1) is 26.4 Å². The lowest BCUT2D eigenvalue weighted by atomic mass is 10.1. The summed E-state index contributed by atoms with van der Waals surface area (Å²) in [4.78, 5) is 28.6. The molecular weight excluding hydrogens is 272 g/mol. The van der Waals surface area contributed by atoms with Gasteiger partial charge in [-0.15, -0.1) is 0 Å². The Hall–Kier alpha value is -1.14. The molecule has 0 spiro atoms. The zero-order chi connectivity index (χ0) is 15.6. The number of nitrogens with zero attached hydrogens (tertiary/aromatic N) is 2. The molecule has 2 aliphatic rings. The molecule has 2 heterocycles. The predicted octanol–water partition coefficient (Wildman–Crippen LogP) is 0.648. The van der Waals surface area contributed by atoms with Crippen molar-refractivity contribution in [1.29, 1.82) is 0 Å². The summed E-state index contributed by atoms with van der Waals surface area (Å²) in [6, 6.07) is -0.0391. The maximum Gasteiger partial charge on any atom is 0.331 e. The molecule has 0 aromatic carbocycles. The van der Waals surface area contributed by atoms with Gasteiger partial charge in [-0.2, -0.15) is 0 Å². The van der Waals surface area contributed by atoms with Gasteiger partial charge in [-0.1, -0.05) is 0 Å². The molecule has 0 radical (unpaired) electrons. The Balaban J connectivity index is 2.11. The number of likely N-dealkylation sites (tertiary alicyclic amines) is 1. The van der Waals surface area contributed by atoms with Crippen LogP contribution in [-0.4, -0.2) is 72.7 Å². The van der Waals surface area contributed by atoms with Crippen LogP contribution < -0.4 is 0 Å². The van der Waals surface area contributed by atoms with Crippen LogP contribution in [0.3, 0.4) is 0 Å². The van der Waals surface area contributed by atoms with Crippen LogP contribution in [-0.2, 0) is 19.1 Å². The van der Waals surface area contributed by atoms with Crippen molar-refractivity contribution in [3.8, 4) is 0 Å². The van der Waals surface area contributed by atoms with Crippen LogP contribution in [0.2, 0.25) is 0 Å². The van der Waals surface area contributed by atoms with Gasteiger partial charge in [-0.05, 0) is 33.6 Å². The summed E-state index contributed by atoms with van der Waals surface area (Å²) in [7, 11) is 1.34. The van der Waals surface area contributed by atoms with Crippen molar-refractivity contribution in [1.82, 2.24) is 9.80 Å². The van der Waals surface area contributed by atoms with E-state index in [4.69, 9.17) is 9.47 Å². The van der Waals surface area contributed by atoms with Crippen molar-refractivity contribution >= 4 is 11.9 Å². The number of hydrogen-bond donors (Lipinski definition) is 0. The largest absolute Gasteiger partial charge is 0.467 e. The number of amides is 1. The molecular formula is C15H26N2O4. The normalized spacial score (nSPS) is 32.0. The Morgan fingerprint density at radius 3 is 2.43 bits per heavy atom. The minimum Gasteiger partial charge on any atom is -0.467 e. The Morgan fingerprint density at radius 2 is 1.86 bits per heavy atom. The van der Waals surface area contributed by atoms with E-state index in [1.807, 2.05) is 6.92 Å². The highest BCUT2D eigenvalue weighted by Crippen LogP contribution is 2.27. The molecule has 0 aliphatic carbocycles. The second-order valence-electron chi connectivity index (χ2n) is 6.04. The molecule has 21 heavy (non-hydrogen) atoms. The highest BCUT2D eigenvalue weighted by atomic mass is 16.5. The van der Waals surface area contributed by atoms with Crippen molar-refractivity contribution in [2.24, 2.45) is 0 Å². The monoisotopic (exact) mass is 298 g/mol. The maximum atomic E-state index is 12.8. The number of esters is 1. The number of ether oxygens (including phenoxy) is 2. The van der Waals surface area contributed by atoms with Crippen LogP contribution >= 0.6 is 0 Å². The molecule has 4 atom stereocenters. The van der Waals surface area contributed by atoms with Gasteiger partial charge in [0, 0.05) is 18.6 Å². The standard InChI is InChI=1S/C15H26N2O4/c1-10-5-6-11(2)17(10)12(3)14(18)16-7-8-21-9-13(16)15(19)20-4/h10-13H,5-9H2,1-4H3. The van der Waals surface area contributed by atoms with E-state index < -0.39 is 12.0 Å². The van der Waals surface area contributed by atoms with E-state index in [9.17, 15) is 9.59 Å². The van der Waals surface area contributed by atoms with E-state index in [0.29, 0.717) is 25.2 Å². The fourth-order valence-corrected chi connectivity index (χ4v) is 3.54. The molecule has 6 heteroatoms. The summed E-state index contributed by atoms with van der Waals surface area (Å²) in [5, 5.41) is 0. The fraction of sp³-hybridized carbons (Fsp3) is 0.867. The van der Waals surface area contributed by atoms with Crippen LogP contribution in [0.5, 0.6) is 0 Å². The third kappa shape index (κ3) is 3.21. The third-order valence-electron chi connectivity index (χ3n) is 4.71. The van der Waals surface area contributed by atoms with Gasteiger partial charge in [0.2, 0.25) is 5.91 Å². The molecule has 2 fully saturated rings. The SMILES string of the molecule is COC(=O)C1COCCN1C(=O)C(C)N1C(C)CCC1C. The van der Waals surface area contributed by atoms with Crippen molar-refractivity contribution in [2.75, 3.05) is 26.9 Å². The Morgan fingerprint density at radius 1 is 1.24 bits per heavy atom. The summed E-state index contributed by atoms with van der Waals surface area (Å²) in [6.07, 6.45) is 2.23. The number of methoxy groups -OCH3 is 1. The molecule has 0 saturated carbocycles. The quantitative estimate of drug-likeness (QED) is 0.716. The van der Waals surface area contributed by atoms with E-state index in [2.05, 4.69) is 18.7 Å². The molecule has 1 amide bonds. The summed E-state index contributed by atoms with van der Waals surface area (Å²) in [6.45, 7) is 7.38. The average molecular weight is 298 g/mol. The van der Waals surface area contributed by atoms with Gasteiger partial charge in [0.15, 0.2) is 6.04 Å². The molecule has 4 unspecified atom stereocenters. The van der Waals surface area contributed by atoms with Crippen molar-refractivity contribution in [2.45, 2.75) is 57.8 Å². The molecule has 0 N–H and O–H groups in total. The Labute approximate surface area is 126 Å². The summed E-state index contributed by atoms with van der Waals surface area (Å²) in [5.74, 6) is -0.410. The lowest BCUT2D eigenvalue weighted by Gasteiger charge is -2.39. The lowest BCUT2D eigenvalue weighted by Crippen LogP contribution is -2.58. The molecule has 0 aromatic heterocycles. The smallest absolute Gasteiger partial charge is 0.331 e. The first-order valence-corrected chi connectivity index (χ1v) is 7.70. The summed E-state index contributed by atoms with van der Waals surface area (Å²) < 4.78 is 10.1. The van der Waals surface area contributed by atoms with Crippen LogP contribution in [0, 0.1) is 0 Å². The fourth-order valence-electron chi connectivity index (χ4n) is 3.54. The van der Waals surface area contributed by atoms with E-state index in [1.165, 1.54) is 7.11 Å². The zero-order valence-electron chi connectivity index (χ0n) is 13.4. The number of hydrogen-bond acceptors (Lipinski definition) is 5. The molecule has 2 aliphatic heterocycles. The molecule has 2 rings (SSSR count). The lowest BCUT2D eigenvalue weighted by molar-refractivity contribution is -0.163. The first-order valence-electron chi connectivity index (χ1n) is 7.70. The van der Waals surface area contributed by atoms with Crippen molar-refractivity contribution in [3.05, 3.63) is 0 Å². The average Bonchev–Trinajstić information content (AvgIpc) is 2.84. The first-order chi connectivity index (χ1) is 9.97. The topological polar surface area (TPSA) is 59.1 Å². The van der Waals surface area contributed by atoms with Crippen LogP contribution in [0.1, 0.15) is 33.6 Å². The second kappa shape index (κ2) is 6.75. The van der Waals surface area contributed by atoms with Crippen LogP contribution in [0.25, 0.3) is 0 Å². The van der Waals surface area contributed by atoms with Gasteiger partial charge in [0.1, 0.15) is 0 Å². The minimum absolute atomic E-state index is 0.00528. The van der Waals surface area contributed by atoms with Gasteiger partial charge >= 0.3 is 5.97 Å². The highest BCUT2D eigenvalue weighted by Gasteiger charge is 2.40. The van der Waals surface area contributed by atoms with Gasteiger partial charge in [0.25, 0.3) is 0 Å². The number of morpholine rings is 1. The number of rotatable bonds is 3. The van der Waals surface area contributed by atoms with Crippen molar-refractivity contribution in [3.63, 3.8) is 0 Å². The second-order valence-corrected chi connectivity index (χ2v) is 6.04. The first kappa shape index (κ1) is 16.2. The molecule has 6 nitrogen and oxygen atoms in total. The highest BCUT2D eigenvalue weighted by molar-refractivity contribution is 5.87. The molecule has 2 saturated heterocycles. The van der Waals surface area contributed by atoms with Gasteiger partial charge in [-0.25, -0.2) is 4.79 Å².